The van der Waals surface area contributed by atoms with Crippen molar-refractivity contribution in [3.63, 3.8) is 0 Å². The molecule has 0 saturated heterocycles. The lowest BCUT2D eigenvalue weighted by molar-refractivity contribution is 1.33. The van der Waals surface area contributed by atoms with Gasteiger partial charge in [-0.3, -0.25) is 4.98 Å². The number of hydrogen-bond donors (Lipinski definition) is 0. The van der Waals surface area contributed by atoms with Crippen LogP contribution in [0.3, 0.4) is 0 Å². The summed E-state index contributed by atoms with van der Waals surface area (Å²) in [6, 6.07) is 7.25. The summed E-state index contributed by atoms with van der Waals surface area (Å²) in [5, 5.41) is 1.58. The molecule has 76 valence electrons. The molecule has 0 amide bonds. The third-order valence-corrected chi connectivity index (χ3v) is 3.13. The van der Waals surface area contributed by atoms with E-state index in [2.05, 4.69) is 4.98 Å². The van der Waals surface area contributed by atoms with Crippen molar-refractivity contribution in [3.05, 3.63) is 51.7 Å². The number of aromatic nitrogens is 1. The van der Waals surface area contributed by atoms with Crippen molar-refractivity contribution in [1.82, 2.24) is 4.98 Å². The number of halogens is 3. The molecular weight excluding hydrogens is 252 g/mol. The zero-order valence-corrected chi connectivity index (χ0v) is 9.81. The van der Waals surface area contributed by atoms with E-state index in [9.17, 15) is 0 Å². The molecule has 0 saturated carbocycles. The third-order valence-electron chi connectivity index (χ3n) is 2.01. The van der Waals surface area contributed by atoms with E-state index in [-0.39, 0.29) is 0 Å². The molecule has 2 rings (SSSR count). The van der Waals surface area contributed by atoms with Crippen LogP contribution in [-0.4, -0.2) is 4.98 Å². The minimum absolute atomic E-state index is 0.507. The number of nitrogens with zero attached hydrogens (tertiary/aromatic N) is 1. The van der Waals surface area contributed by atoms with Crippen LogP contribution >= 0.6 is 34.8 Å². The van der Waals surface area contributed by atoms with E-state index < -0.39 is 0 Å². The fourth-order valence-corrected chi connectivity index (χ4v) is 1.93. The van der Waals surface area contributed by atoms with Gasteiger partial charge in [-0.2, -0.15) is 0 Å². The maximum absolute atomic E-state index is 6.09. The zero-order chi connectivity index (χ0) is 10.8. The van der Waals surface area contributed by atoms with Crippen LogP contribution in [0.4, 0.5) is 0 Å². The predicted molar refractivity (Wildman–Crippen MR) is 64.7 cm³/mol. The van der Waals surface area contributed by atoms with Crippen LogP contribution < -0.4 is 0 Å². The van der Waals surface area contributed by atoms with Crippen molar-refractivity contribution in [2.45, 2.75) is 0 Å². The van der Waals surface area contributed by atoms with Crippen LogP contribution in [0.2, 0.25) is 15.1 Å². The fraction of sp³-hybridized carbons (Fsp3) is 0. The molecule has 0 aliphatic heterocycles. The van der Waals surface area contributed by atoms with Gasteiger partial charge >= 0.3 is 0 Å². The molecular formula is C11H6Cl3N. The van der Waals surface area contributed by atoms with Crippen molar-refractivity contribution in [2.24, 2.45) is 0 Å². The Labute approximate surface area is 103 Å². The molecule has 15 heavy (non-hydrogen) atoms. The summed E-state index contributed by atoms with van der Waals surface area (Å²) >= 11 is 18.0. The largest absolute Gasteiger partial charge is 0.263 e. The van der Waals surface area contributed by atoms with Crippen LogP contribution in [0.1, 0.15) is 0 Å². The van der Waals surface area contributed by atoms with Gasteiger partial charge in [-0.1, -0.05) is 46.9 Å². The topological polar surface area (TPSA) is 12.9 Å². The highest BCUT2D eigenvalue weighted by Gasteiger charge is 2.09. The highest BCUT2D eigenvalue weighted by atomic mass is 35.5. The van der Waals surface area contributed by atoms with Gasteiger partial charge in [0.05, 0.1) is 15.1 Å². The first-order valence-corrected chi connectivity index (χ1v) is 5.37. The lowest BCUT2D eigenvalue weighted by Gasteiger charge is -2.06. The molecule has 0 unspecified atom stereocenters. The average Bonchev–Trinajstić information content (AvgIpc) is 2.23. The van der Waals surface area contributed by atoms with Gasteiger partial charge in [0.15, 0.2) is 0 Å². The molecule has 0 bridgehead atoms. The van der Waals surface area contributed by atoms with Gasteiger partial charge in [0.2, 0.25) is 0 Å². The zero-order valence-electron chi connectivity index (χ0n) is 7.55. The second-order valence-corrected chi connectivity index (χ2v) is 4.15. The lowest BCUT2D eigenvalue weighted by atomic mass is 10.1. The Morgan fingerprint density at radius 2 is 1.67 bits per heavy atom. The van der Waals surface area contributed by atoms with Gasteiger partial charge < -0.3 is 0 Å². The molecule has 1 nitrogen and oxygen atoms in total. The highest BCUT2D eigenvalue weighted by Crippen LogP contribution is 2.36. The summed E-state index contributed by atoms with van der Waals surface area (Å²) in [4.78, 5) is 3.91. The SMILES string of the molecule is Clc1cnccc1-c1cccc(Cl)c1Cl. The third kappa shape index (κ3) is 2.10. The number of benzene rings is 1. The van der Waals surface area contributed by atoms with Gasteiger partial charge in [-0.05, 0) is 12.1 Å². The molecule has 0 aliphatic carbocycles. The Kier molecular flexibility index (Phi) is 3.15. The molecule has 4 heteroatoms. The van der Waals surface area contributed by atoms with Crippen molar-refractivity contribution < 1.29 is 0 Å². The first-order chi connectivity index (χ1) is 7.20. The summed E-state index contributed by atoms with van der Waals surface area (Å²) in [6.07, 6.45) is 3.24. The molecule has 0 radical (unpaired) electrons. The minimum Gasteiger partial charge on any atom is -0.263 e. The van der Waals surface area contributed by atoms with Gasteiger partial charge in [0.25, 0.3) is 0 Å². The summed E-state index contributed by atoms with van der Waals surface area (Å²) < 4.78 is 0. The summed E-state index contributed by atoms with van der Waals surface area (Å²) in [5.41, 5.74) is 1.65. The van der Waals surface area contributed by atoms with Crippen LogP contribution in [0.15, 0.2) is 36.7 Å². The highest BCUT2D eigenvalue weighted by molar-refractivity contribution is 6.44. The fourth-order valence-electron chi connectivity index (χ4n) is 1.31. The Hall–Kier alpha value is -0.760. The molecule has 0 N–H and O–H groups in total. The molecule has 0 atom stereocenters. The van der Waals surface area contributed by atoms with Crippen molar-refractivity contribution in [2.75, 3.05) is 0 Å². The van der Waals surface area contributed by atoms with Crippen LogP contribution in [-0.2, 0) is 0 Å². The smallest absolute Gasteiger partial charge is 0.0671 e. The molecule has 1 aromatic heterocycles. The molecule has 0 fully saturated rings. The quantitative estimate of drug-likeness (QED) is 0.722. The monoisotopic (exact) mass is 257 g/mol. The van der Waals surface area contributed by atoms with Crippen molar-refractivity contribution in [3.8, 4) is 11.1 Å². The Balaban J connectivity index is 2.65. The lowest BCUT2D eigenvalue weighted by Crippen LogP contribution is -1.83. The van der Waals surface area contributed by atoms with E-state index in [0.717, 1.165) is 11.1 Å². The second kappa shape index (κ2) is 4.40. The summed E-state index contributed by atoms with van der Waals surface area (Å²) in [6.45, 7) is 0. The van der Waals surface area contributed by atoms with Crippen LogP contribution in [0.25, 0.3) is 11.1 Å². The molecule has 1 aromatic carbocycles. The Bertz CT molecular complexity index is 497. The minimum atomic E-state index is 0.507. The Morgan fingerprint density at radius 1 is 0.867 bits per heavy atom. The number of pyridine rings is 1. The van der Waals surface area contributed by atoms with Crippen LogP contribution in [0.5, 0.6) is 0 Å². The first kappa shape index (κ1) is 10.7. The summed E-state index contributed by atoms with van der Waals surface area (Å²) in [7, 11) is 0. The van der Waals surface area contributed by atoms with Crippen LogP contribution in [0, 0.1) is 0 Å². The van der Waals surface area contributed by atoms with Crippen molar-refractivity contribution >= 4 is 34.8 Å². The van der Waals surface area contributed by atoms with E-state index in [1.54, 1.807) is 24.5 Å². The number of hydrogen-bond acceptors (Lipinski definition) is 1. The van der Waals surface area contributed by atoms with E-state index in [0.29, 0.717) is 15.1 Å². The second-order valence-electron chi connectivity index (χ2n) is 2.96. The summed E-state index contributed by atoms with van der Waals surface area (Å²) in [5.74, 6) is 0. The van der Waals surface area contributed by atoms with Gasteiger partial charge in [-0.15, -0.1) is 0 Å². The van der Waals surface area contributed by atoms with E-state index in [1.807, 2.05) is 12.1 Å². The van der Waals surface area contributed by atoms with E-state index in [4.69, 9.17) is 34.8 Å². The van der Waals surface area contributed by atoms with Gasteiger partial charge in [0.1, 0.15) is 0 Å². The van der Waals surface area contributed by atoms with Gasteiger partial charge in [-0.25, -0.2) is 0 Å². The number of rotatable bonds is 1. The Morgan fingerprint density at radius 3 is 2.40 bits per heavy atom. The molecule has 1 heterocycles. The maximum Gasteiger partial charge on any atom is 0.0671 e. The normalized spacial score (nSPS) is 10.3. The maximum atomic E-state index is 6.09. The van der Waals surface area contributed by atoms with E-state index in [1.165, 1.54) is 0 Å². The average molecular weight is 259 g/mol. The molecule has 2 aromatic rings. The standard InChI is InChI=1S/C11H6Cl3N/c12-9-3-1-2-8(11(9)14)7-4-5-15-6-10(7)13/h1-6H. The molecule has 0 spiro atoms. The van der Waals surface area contributed by atoms with Gasteiger partial charge in [0, 0.05) is 23.5 Å². The first-order valence-electron chi connectivity index (χ1n) is 4.24. The van der Waals surface area contributed by atoms with Crippen molar-refractivity contribution in [1.29, 1.82) is 0 Å². The molecule has 0 aliphatic rings. The predicted octanol–water partition coefficient (Wildman–Crippen LogP) is 4.71. The van der Waals surface area contributed by atoms with E-state index >= 15 is 0 Å².